The number of fused-ring (bicyclic) bond motifs is 1. The summed E-state index contributed by atoms with van der Waals surface area (Å²) in [6.07, 6.45) is 7.27. The number of hydrogen-bond donors (Lipinski definition) is 0. The summed E-state index contributed by atoms with van der Waals surface area (Å²) in [6, 6.07) is 7.06. The van der Waals surface area contributed by atoms with Crippen LogP contribution in [0.5, 0.6) is 0 Å². The Hall–Kier alpha value is -2.13. The SMILES string of the molecule is C=CCN(CC=C)C1CCc2cccc(-c3onc(C)c3C)c2C1. The first-order chi connectivity index (χ1) is 11.7. The zero-order valence-electron chi connectivity index (χ0n) is 14.7. The van der Waals surface area contributed by atoms with Gasteiger partial charge < -0.3 is 4.52 Å². The van der Waals surface area contributed by atoms with Gasteiger partial charge >= 0.3 is 0 Å². The largest absolute Gasteiger partial charge is 0.356 e. The van der Waals surface area contributed by atoms with Crippen LogP contribution in [0.25, 0.3) is 11.3 Å². The molecule has 0 fully saturated rings. The van der Waals surface area contributed by atoms with E-state index >= 15 is 0 Å². The van der Waals surface area contributed by atoms with E-state index < -0.39 is 0 Å². The van der Waals surface area contributed by atoms with E-state index in [1.54, 1.807) is 0 Å². The normalized spacial score (nSPS) is 16.9. The first-order valence-electron chi connectivity index (χ1n) is 8.65. The van der Waals surface area contributed by atoms with Gasteiger partial charge in [0.2, 0.25) is 0 Å². The molecule has 3 nitrogen and oxygen atoms in total. The number of hydrogen-bond acceptors (Lipinski definition) is 3. The quantitative estimate of drug-likeness (QED) is 0.734. The highest BCUT2D eigenvalue weighted by atomic mass is 16.5. The molecule has 1 aromatic heterocycles. The molecule has 0 saturated carbocycles. The van der Waals surface area contributed by atoms with Crippen LogP contribution >= 0.6 is 0 Å². The van der Waals surface area contributed by atoms with Crippen LogP contribution in [0.1, 0.15) is 28.8 Å². The Labute approximate surface area is 144 Å². The zero-order chi connectivity index (χ0) is 17.1. The van der Waals surface area contributed by atoms with Crippen LogP contribution in [0, 0.1) is 13.8 Å². The van der Waals surface area contributed by atoms with Crippen molar-refractivity contribution in [2.45, 2.75) is 39.2 Å². The Bertz CT molecular complexity index is 734. The molecule has 0 aliphatic heterocycles. The van der Waals surface area contributed by atoms with Crippen molar-refractivity contribution in [3.63, 3.8) is 0 Å². The third-order valence-corrected chi connectivity index (χ3v) is 5.11. The van der Waals surface area contributed by atoms with Gasteiger partial charge in [0.1, 0.15) is 0 Å². The molecule has 1 unspecified atom stereocenters. The Morgan fingerprint density at radius 1 is 1.25 bits per heavy atom. The lowest BCUT2D eigenvalue weighted by atomic mass is 9.83. The number of rotatable bonds is 6. The van der Waals surface area contributed by atoms with E-state index in [0.717, 1.165) is 42.9 Å². The van der Waals surface area contributed by atoms with Crippen molar-refractivity contribution in [3.05, 3.63) is 65.9 Å². The smallest absolute Gasteiger partial charge is 0.170 e. The standard InChI is InChI=1S/C21H26N2O/c1-5-12-23(13-6-2)18-11-10-17-8-7-9-19(20(17)14-18)21-15(3)16(4)22-24-21/h5-9,18H,1-2,10-14H2,3-4H3. The summed E-state index contributed by atoms with van der Waals surface area (Å²) < 4.78 is 5.64. The van der Waals surface area contributed by atoms with Gasteiger partial charge in [-0.2, -0.15) is 0 Å². The Morgan fingerprint density at radius 2 is 2.00 bits per heavy atom. The minimum atomic E-state index is 0.513. The van der Waals surface area contributed by atoms with E-state index in [9.17, 15) is 0 Å². The van der Waals surface area contributed by atoms with Crippen LogP contribution in [-0.4, -0.2) is 29.2 Å². The van der Waals surface area contributed by atoms with Gasteiger partial charge in [-0.1, -0.05) is 35.5 Å². The van der Waals surface area contributed by atoms with E-state index in [4.69, 9.17) is 4.52 Å². The fourth-order valence-electron chi connectivity index (χ4n) is 3.66. The monoisotopic (exact) mass is 322 g/mol. The van der Waals surface area contributed by atoms with E-state index in [-0.39, 0.29) is 0 Å². The van der Waals surface area contributed by atoms with Crippen LogP contribution in [0.2, 0.25) is 0 Å². The van der Waals surface area contributed by atoms with Gasteiger partial charge in [0.25, 0.3) is 0 Å². The van der Waals surface area contributed by atoms with Crippen LogP contribution in [0.4, 0.5) is 0 Å². The molecule has 1 aliphatic carbocycles. The van der Waals surface area contributed by atoms with Crippen LogP contribution in [0.3, 0.4) is 0 Å². The van der Waals surface area contributed by atoms with Gasteiger partial charge in [0.05, 0.1) is 5.69 Å². The molecule has 3 rings (SSSR count). The molecule has 1 aliphatic rings. The summed E-state index contributed by atoms with van der Waals surface area (Å²) in [5, 5.41) is 4.14. The van der Waals surface area contributed by atoms with Crippen LogP contribution < -0.4 is 0 Å². The van der Waals surface area contributed by atoms with E-state index in [1.165, 1.54) is 23.1 Å². The van der Waals surface area contributed by atoms with Crippen molar-refractivity contribution in [1.82, 2.24) is 10.1 Å². The lowest BCUT2D eigenvalue weighted by molar-refractivity contribution is 0.220. The molecular formula is C21H26N2O. The first kappa shape index (κ1) is 16.7. The summed E-state index contributed by atoms with van der Waals surface area (Å²) in [5.74, 6) is 0.920. The van der Waals surface area contributed by atoms with E-state index in [2.05, 4.69) is 48.3 Å². The van der Waals surface area contributed by atoms with E-state index in [0.29, 0.717) is 6.04 Å². The fourth-order valence-corrected chi connectivity index (χ4v) is 3.66. The van der Waals surface area contributed by atoms with Gasteiger partial charge in [-0.05, 0) is 44.2 Å². The molecule has 24 heavy (non-hydrogen) atoms. The number of aryl methyl sites for hydroxylation is 2. The molecule has 0 N–H and O–H groups in total. The maximum atomic E-state index is 5.64. The molecule has 0 bridgehead atoms. The second kappa shape index (κ2) is 7.18. The lowest BCUT2D eigenvalue weighted by Gasteiger charge is -2.34. The molecule has 1 heterocycles. The zero-order valence-corrected chi connectivity index (χ0v) is 14.7. The third-order valence-electron chi connectivity index (χ3n) is 5.11. The van der Waals surface area contributed by atoms with E-state index in [1.807, 2.05) is 19.1 Å². The summed E-state index contributed by atoms with van der Waals surface area (Å²) in [7, 11) is 0. The molecule has 1 aromatic carbocycles. The molecule has 126 valence electrons. The molecule has 0 amide bonds. The van der Waals surface area contributed by atoms with Crippen molar-refractivity contribution >= 4 is 0 Å². The van der Waals surface area contributed by atoms with Gasteiger partial charge in [0, 0.05) is 30.3 Å². The molecule has 1 atom stereocenters. The predicted molar refractivity (Wildman–Crippen MR) is 99.2 cm³/mol. The summed E-state index contributed by atoms with van der Waals surface area (Å²) >= 11 is 0. The number of benzene rings is 1. The molecule has 2 aromatic rings. The molecule has 0 radical (unpaired) electrons. The molecular weight excluding hydrogens is 296 g/mol. The summed E-state index contributed by atoms with van der Waals surface area (Å²) in [6.45, 7) is 13.7. The average Bonchev–Trinajstić information content (AvgIpc) is 2.93. The highest BCUT2D eigenvalue weighted by Gasteiger charge is 2.26. The highest BCUT2D eigenvalue weighted by Crippen LogP contribution is 2.35. The average molecular weight is 322 g/mol. The Kier molecular flexibility index (Phi) is 5.00. The Balaban J connectivity index is 1.96. The van der Waals surface area contributed by atoms with Crippen molar-refractivity contribution in [1.29, 1.82) is 0 Å². The second-order valence-corrected chi connectivity index (χ2v) is 6.59. The predicted octanol–water partition coefficient (Wildman–Crippen LogP) is 4.49. The summed E-state index contributed by atoms with van der Waals surface area (Å²) in [5.41, 5.74) is 6.16. The van der Waals surface area contributed by atoms with Gasteiger partial charge in [-0.3, -0.25) is 4.90 Å². The van der Waals surface area contributed by atoms with Crippen LogP contribution in [-0.2, 0) is 12.8 Å². The second-order valence-electron chi connectivity index (χ2n) is 6.59. The molecule has 3 heteroatoms. The van der Waals surface area contributed by atoms with Gasteiger partial charge in [0.15, 0.2) is 5.76 Å². The Morgan fingerprint density at radius 3 is 2.62 bits per heavy atom. The molecule has 0 spiro atoms. The van der Waals surface area contributed by atoms with Gasteiger partial charge in [-0.15, -0.1) is 13.2 Å². The van der Waals surface area contributed by atoms with Crippen molar-refractivity contribution in [2.75, 3.05) is 13.1 Å². The number of aromatic nitrogens is 1. The minimum Gasteiger partial charge on any atom is -0.356 e. The minimum absolute atomic E-state index is 0.513. The maximum absolute atomic E-state index is 5.64. The van der Waals surface area contributed by atoms with Crippen LogP contribution in [0.15, 0.2) is 48.0 Å². The molecule has 0 saturated heterocycles. The first-order valence-corrected chi connectivity index (χ1v) is 8.65. The van der Waals surface area contributed by atoms with Crippen molar-refractivity contribution in [3.8, 4) is 11.3 Å². The summed E-state index contributed by atoms with van der Waals surface area (Å²) in [4.78, 5) is 2.46. The van der Waals surface area contributed by atoms with Gasteiger partial charge in [-0.25, -0.2) is 0 Å². The topological polar surface area (TPSA) is 29.3 Å². The maximum Gasteiger partial charge on any atom is 0.170 e. The fraction of sp³-hybridized carbons (Fsp3) is 0.381. The number of nitrogens with zero attached hydrogens (tertiary/aromatic N) is 2. The lowest BCUT2D eigenvalue weighted by Crippen LogP contribution is -2.39. The van der Waals surface area contributed by atoms with Crippen molar-refractivity contribution in [2.24, 2.45) is 0 Å². The third kappa shape index (κ3) is 3.09. The highest BCUT2D eigenvalue weighted by molar-refractivity contribution is 5.67. The van der Waals surface area contributed by atoms with Crippen molar-refractivity contribution < 1.29 is 4.52 Å².